The lowest BCUT2D eigenvalue weighted by molar-refractivity contribution is 0.446. The fourth-order valence-electron chi connectivity index (χ4n) is 1.25. The van der Waals surface area contributed by atoms with Gasteiger partial charge in [-0.05, 0) is 13.8 Å². The second kappa shape index (κ2) is 6.10. The molecule has 0 saturated heterocycles. The molecule has 0 unspecified atom stereocenters. The van der Waals surface area contributed by atoms with Crippen LogP contribution in [0.5, 0.6) is 5.88 Å². The van der Waals surface area contributed by atoms with Gasteiger partial charge in [0.15, 0.2) is 5.16 Å². The van der Waals surface area contributed by atoms with Gasteiger partial charge >= 0.3 is 0 Å². The summed E-state index contributed by atoms with van der Waals surface area (Å²) in [6.45, 7) is 4.21. The Labute approximate surface area is 106 Å². The Morgan fingerprint density at radius 2 is 1.71 bits per heavy atom. The van der Waals surface area contributed by atoms with Crippen molar-refractivity contribution in [1.82, 2.24) is 9.97 Å². The van der Waals surface area contributed by atoms with Crippen LogP contribution in [0.2, 0.25) is 0 Å². The van der Waals surface area contributed by atoms with E-state index in [1.54, 1.807) is 0 Å². The minimum Gasteiger partial charge on any atom is -0.493 e. The average Bonchev–Trinajstić information content (AvgIpc) is 2.15. The number of nitrogens with zero attached hydrogens (tertiary/aromatic N) is 2. The maximum absolute atomic E-state index is 8.71. The number of hydrogen-bond acceptors (Lipinski definition) is 5. The Kier molecular flexibility index (Phi) is 4.78. The van der Waals surface area contributed by atoms with Crippen molar-refractivity contribution >= 4 is 18.4 Å². The van der Waals surface area contributed by atoms with Crippen LogP contribution in [0.15, 0.2) is 35.5 Å². The highest BCUT2D eigenvalue weighted by molar-refractivity contribution is 7.80. The topological polar surface area (TPSA) is 72.0 Å². The molecular formula is C12H15N3OS. The molecule has 0 amide bonds. The first kappa shape index (κ1) is 13.3. The molecular weight excluding hydrogens is 234 g/mol. The number of anilines is 1. The number of nitrogens with two attached hydrogens (primary N) is 1. The molecule has 0 spiro atoms. The monoisotopic (exact) mass is 249 g/mol. The highest BCUT2D eigenvalue weighted by atomic mass is 32.1. The lowest BCUT2D eigenvalue weighted by Crippen LogP contribution is -1.91. The summed E-state index contributed by atoms with van der Waals surface area (Å²) >= 11 is 3.76. The number of nitrogen functional groups attached to an aromatic ring is 1. The summed E-state index contributed by atoms with van der Waals surface area (Å²) in [6.07, 6.45) is 0. The molecule has 3 N–H and O–H groups in total. The highest BCUT2D eigenvalue weighted by Crippen LogP contribution is 2.09. The van der Waals surface area contributed by atoms with Crippen molar-refractivity contribution in [3.05, 3.63) is 41.5 Å². The summed E-state index contributed by atoms with van der Waals surface area (Å²) in [6, 6.07) is 9.70. The molecule has 1 aromatic carbocycles. The standard InChI is InChI=1S/C8H10.C4H5N3OS/c1-7-4-3-5-8(2)6-7;5-2-1-3(8)7-4(9)6-2/h3-6H,1-2H3;1H,(H4,5,6,7,8,9). The molecule has 0 aliphatic heterocycles. The maximum atomic E-state index is 8.71. The summed E-state index contributed by atoms with van der Waals surface area (Å²) in [5.41, 5.74) is 7.88. The predicted octanol–water partition coefficient (Wildman–Crippen LogP) is 2.36. The van der Waals surface area contributed by atoms with Crippen molar-refractivity contribution in [1.29, 1.82) is 0 Å². The van der Waals surface area contributed by atoms with E-state index in [9.17, 15) is 0 Å². The van der Waals surface area contributed by atoms with Crippen LogP contribution >= 0.6 is 12.6 Å². The van der Waals surface area contributed by atoms with E-state index in [0.717, 1.165) is 0 Å². The highest BCUT2D eigenvalue weighted by Gasteiger charge is 1.94. The van der Waals surface area contributed by atoms with Crippen LogP contribution in [-0.2, 0) is 0 Å². The molecule has 0 saturated carbocycles. The van der Waals surface area contributed by atoms with Crippen molar-refractivity contribution in [2.75, 3.05) is 5.73 Å². The van der Waals surface area contributed by atoms with Gasteiger partial charge in [-0.3, -0.25) is 0 Å². The van der Waals surface area contributed by atoms with Gasteiger partial charge in [-0.1, -0.05) is 35.4 Å². The van der Waals surface area contributed by atoms with Gasteiger partial charge in [0.1, 0.15) is 5.82 Å². The molecule has 1 aromatic heterocycles. The minimum absolute atomic E-state index is 0.160. The quantitative estimate of drug-likeness (QED) is 0.495. The van der Waals surface area contributed by atoms with Gasteiger partial charge < -0.3 is 10.8 Å². The molecule has 4 nitrogen and oxygen atoms in total. The number of hydrogen-bond donors (Lipinski definition) is 3. The first-order chi connectivity index (χ1) is 7.97. The molecule has 0 radical (unpaired) electrons. The van der Waals surface area contributed by atoms with E-state index in [1.807, 2.05) is 0 Å². The van der Waals surface area contributed by atoms with E-state index in [2.05, 4.69) is 60.7 Å². The normalized spacial score (nSPS) is 9.35. The number of aromatic hydroxyl groups is 1. The lowest BCUT2D eigenvalue weighted by atomic mass is 10.2. The molecule has 0 aliphatic rings. The summed E-state index contributed by atoms with van der Waals surface area (Å²) in [5.74, 6) is 0.0556. The molecule has 17 heavy (non-hydrogen) atoms. The van der Waals surface area contributed by atoms with Crippen molar-refractivity contribution < 1.29 is 5.11 Å². The Bertz CT molecular complexity index is 435. The van der Waals surface area contributed by atoms with E-state index in [4.69, 9.17) is 10.8 Å². The molecule has 90 valence electrons. The summed E-state index contributed by atoms with van der Waals surface area (Å²) in [4.78, 5) is 7.07. The van der Waals surface area contributed by atoms with Gasteiger partial charge in [0.25, 0.3) is 0 Å². The van der Waals surface area contributed by atoms with E-state index in [1.165, 1.54) is 17.2 Å². The van der Waals surface area contributed by atoms with Gasteiger partial charge in [-0.2, -0.15) is 4.98 Å². The van der Waals surface area contributed by atoms with Crippen LogP contribution in [0, 0.1) is 13.8 Å². The third-order valence-electron chi connectivity index (χ3n) is 1.89. The third-order valence-corrected chi connectivity index (χ3v) is 2.09. The smallest absolute Gasteiger partial charge is 0.216 e. The van der Waals surface area contributed by atoms with Gasteiger partial charge in [0, 0.05) is 6.07 Å². The zero-order valence-corrected chi connectivity index (χ0v) is 10.6. The number of thiol groups is 1. The molecule has 0 aliphatic carbocycles. The Hall–Kier alpha value is -1.75. The molecule has 5 heteroatoms. The zero-order chi connectivity index (χ0) is 12.8. The Balaban J connectivity index is 0.000000171. The van der Waals surface area contributed by atoms with Crippen molar-refractivity contribution in [3.63, 3.8) is 0 Å². The van der Waals surface area contributed by atoms with Crippen molar-refractivity contribution in [3.8, 4) is 5.88 Å². The molecule has 0 fully saturated rings. The number of rotatable bonds is 0. The van der Waals surface area contributed by atoms with Crippen molar-refractivity contribution in [2.45, 2.75) is 19.0 Å². The fraction of sp³-hybridized carbons (Fsp3) is 0.167. The van der Waals surface area contributed by atoms with E-state index in [-0.39, 0.29) is 16.9 Å². The minimum atomic E-state index is -0.160. The zero-order valence-electron chi connectivity index (χ0n) is 9.75. The van der Waals surface area contributed by atoms with Crippen LogP contribution in [0.4, 0.5) is 5.82 Å². The van der Waals surface area contributed by atoms with Crippen molar-refractivity contribution in [2.24, 2.45) is 0 Å². The third kappa shape index (κ3) is 5.21. The van der Waals surface area contributed by atoms with Crippen LogP contribution in [-0.4, -0.2) is 15.1 Å². The van der Waals surface area contributed by atoms with Gasteiger partial charge in [-0.15, -0.1) is 12.6 Å². The second-order valence-electron chi connectivity index (χ2n) is 3.61. The molecule has 2 rings (SSSR count). The average molecular weight is 249 g/mol. The first-order valence-electron chi connectivity index (χ1n) is 5.03. The van der Waals surface area contributed by atoms with E-state index >= 15 is 0 Å². The summed E-state index contributed by atoms with van der Waals surface area (Å²) in [5, 5.41) is 8.89. The largest absolute Gasteiger partial charge is 0.493 e. The van der Waals surface area contributed by atoms with E-state index in [0.29, 0.717) is 0 Å². The van der Waals surface area contributed by atoms with Gasteiger partial charge in [-0.25, -0.2) is 4.98 Å². The number of aryl methyl sites for hydroxylation is 2. The van der Waals surface area contributed by atoms with Gasteiger partial charge in [0.2, 0.25) is 5.88 Å². The Morgan fingerprint density at radius 1 is 1.12 bits per heavy atom. The summed E-state index contributed by atoms with van der Waals surface area (Å²) in [7, 11) is 0. The van der Waals surface area contributed by atoms with E-state index < -0.39 is 0 Å². The number of benzene rings is 1. The first-order valence-corrected chi connectivity index (χ1v) is 5.48. The van der Waals surface area contributed by atoms with Crippen LogP contribution < -0.4 is 5.73 Å². The molecule has 1 heterocycles. The van der Waals surface area contributed by atoms with Gasteiger partial charge in [0.05, 0.1) is 0 Å². The maximum Gasteiger partial charge on any atom is 0.216 e. The molecule has 0 bridgehead atoms. The van der Waals surface area contributed by atoms with Crippen LogP contribution in [0.3, 0.4) is 0 Å². The number of aromatic nitrogens is 2. The van der Waals surface area contributed by atoms with Crippen LogP contribution in [0.25, 0.3) is 0 Å². The predicted molar refractivity (Wildman–Crippen MR) is 71.3 cm³/mol. The van der Waals surface area contributed by atoms with Crippen LogP contribution in [0.1, 0.15) is 11.1 Å². The SMILES string of the molecule is Cc1cccc(C)c1.Nc1cc(O)nc(S)n1. The molecule has 2 aromatic rings. The fourth-order valence-corrected chi connectivity index (χ4v) is 1.46. The Morgan fingerprint density at radius 3 is 2.06 bits per heavy atom. The summed E-state index contributed by atoms with van der Waals surface area (Å²) < 4.78 is 0. The lowest BCUT2D eigenvalue weighted by Gasteiger charge is -1.93. The second-order valence-corrected chi connectivity index (χ2v) is 4.01. The molecule has 0 atom stereocenters.